The van der Waals surface area contributed by atoms with Gasteiger partial charge in [-0.3, -0.25) is 9.69 Å². The Morgan fingerprint density at radius 1 is 1.35 bits per heavy atom. The van der Waals surface area contributed by atoms with Crippen molar-refractivity contribution in [2.45, 2.75) is 24.2 Å². The zero-order valence-corrected chi connectivity index (χ0v) is 10.3. The maximum absolute atomic E-state index is 10.9. The third kappa shape index (κ3) is 2.30. The molecule has 2 unspecified atom stereocenters. The normalized spacial score (nSPS) is 32.4. The molecule has 0 spiro atoms. The number of methoxy groups -OCH3 is 2. The fraction of sp³-hybridized carbons (Fsp3) is 0.909. The average Bonchev–Trinajstić information content (AvgIpc) is 2.66. The molecule has 6 nitrogen and oxygen atoms in total. The molecule has 0 saturated carbocycles. The number of nitrogens with one attached hydrogen (secondary N) is 1. The van der Waals surface area contributed by atoms with Crippen LogP contribution >= 0.6 is 0 Å². The lowest BCUT2D eigenvalue weighted by molar-refractivity contribution is -0.141. The SMILES string of the molecule is COC1CN(C2(CC(=O)O)CNC2)CC1OC. The Bertz CT molecular complexity index is 281. The largest absolute Gasteiger partial charge is 0.481 e. The van der Waals surface area contributed by atoms with Crippen LogP contribution in [-0.2, 0) is 14.3 Å². The van der Waals surface area contributed by atoms with Crippen molar-refractivity contribution in [3.8, 4) is 0 Å². The van der Waals surface area contributed by atoms with Gasteiger partial charge in [0.2, 0.25) is 0 Å². The second-order valence-corrected chi connectivity index (χ2v) is 4.85. The molecule has 0 aromatic carbocycles. The summed E-state index contributed by atoms with van der Waals surface area (Å²) in [6.45, 7) is 2.94. The first-order valence-electron chi connectivity index (χ1n) is 5.84. The molecule has 98 valence electrons. The third-order valence-electron chi connectivity index (χ3n) is 3.88. The van der Waals surface area contributed by atoms with E-state index in [9.17, 15) is 4.79 Å². The minimum absolute atomic E-state index is 0.0336. The summed E-state index contributed by atoms with van der Waals surface area (Å²) in [4.78, 5) is 13.1. The first kappa shape index (κ1) is 12.8. The Kier molecular flexibility index (Phi) is 3.67. The van der Waals surface area contributed by atoms with Gasteiger partial charge in [0.05, 0.1) is 24.2 Å². The topological polar surface area (TPSA) is 71.0 Å². The third-order valence-corrected chi connectivity index (χ3v) is 3.88. The number of aliphatic carboxylic acids is 1. The molecule has 6 heteroatoms. The van der Waals surface area contributed by atoms with Gasteiger partial charge in [-0.05, 0) is 0 Å². The fourth-order valence-electron chi connectivity index (χ4n) is 2.74. The maximum Gasteiger partial charge on any atom is 0.305 e. The monoisotopic (exact) mass is 244 g/mol. The number of hydrogen-bond donors (Lipinski definition) is 2. The van der Waals surface area contributed by atoms with E-state index in [0.29, 0.717) is 0 Å². The summed E-state index contributed by atoms with van der Waals surface area (Å²) < 4.78 is 10.8. The van der Waals surface area contributed by atoms with Gasteiger partial charge in [0.1, 0.15) is 0 Å². The number of carboxylic acids is 1. The van der Waals surface area contributed by atoms with E-state index in [4.69, 9.17) is 14.6 Å². The highest BCUT2D eigenvalue weighted by Gasteiger charge is 2.49. The molecule has 0 aliphatic carbocycles. The molecule has 2 aliphatic heterocycles. The highest BCUT2D eigenvalue weighted by atomic mass is 16.5. The molecule has 17 heavy (non-hydrogen) atoms. The van der Waals surface area contributed by atoms with E-state index in [1.807, 2.05) is 0 Å². The van der Waals surface area contributed by atoms with Gasteiger partial charge in [-0.25, -0.2) is 0 Å². The van der Waals surface area contributed by atoms with Gasteiger partial charge >= 0.3 is 5.97 Å². The van der Waals surface area contributed by atoms with Crippen LogP contribution in [0.4, 0.5) is 0 Å². The van der Waals surface area contributed by atoms with Crippen molar-refractivity contribution in [3.63, 3.8) is 0 Å². The Morgan fingerprint density at radius 3 is 2.18 bits per heavy atom. The molecule has 0 aromatic rings. The average molecular weight is 244 g/mol. The number of carboxylic acid groups (broad SMARTS) is 1. The van der Waals surface area contributed by atoms with Gasteiger partial charge in [-0.1, -0.05) is 0 Å². The van der Waals surface area contributed by atoms with Gasteiger partial charge in [0.25, 0.3) is 0 Å². The summed E-state index contributed by atoms with van der Waals surface area (Å²) in [6, 6.07) is 0. The van der Waals surface area contributed by atoms with Crippen LogP contribution in [0.5, 0.6) is 0 Å². The summed E-state index contributed by atoms with van der Waals surface area (Å²) in [6.07, 6.45) is 0.241. The number of rotatable bonds is 5. The zero-order valence-electron chi connectivity index (χ0n) is 10.3. The van der Waals surface area contributed by atoms with Crippen LogP contribution in [0.2, 0.25) is 0 Å². The van der Waals surface area contributed by atoms with Gasteiger partial charge < -0.3 is 19.9 Å². The second kappa shape index (κ2) is 4.89. The van der Waals surface area contributed by atoms with Gasteiger partial charge in [-0.2, -0.15) is 0 Å². The van der Waals surface area contributed by atoms with Crippen LogP contribution in [0.1, 0.15) is 6.42 Å². The second-order valence-electron chi connectivity index (χ2n) is 4.85. The molecular formula is C11H20N2O4. The summed E-state index contributed by atoms with van der Waals surface area (Å²) >= 11 is 0. The predicted molar refractivity (Wildman–Crippen MR) is 61.0 cm³/mol. The van der Waals surface area contributed by atoms with E-state index >= 15 is 0 Å². The number of likely N-dealkylation sites (tertiary alicyclic amines) is 1. The Balaban J connectivity index is 2.04. The van der Waals surface area contributed by atoms with Crippen molar-refractivity contribution in [3.05, 3.63) is 0 Å². The van der Waals surface area contributed by atoms with Crippen molar-refractivity contribution in [2.24, 2.45) is 0 Å². The molecular weight excluding hydrogens is 224 g/mol. The lowest BCUT2D eigenvalue weighted by atomic mass is 9.87. The zero-order chi connectivity index (χ0) is 12.5. The van der Waals surface area contributed by atoms with Crippen LogP contribution < -0.4 is 5.32 Å². The summed E-state index contributed by atoms with van der Waals surface area (Å²) in [5.74, 6) is -0.749. The van der Waals surface area contributed by atoms with E-state index in [1.54, 1.807) is 14.2 Å². The number of nitrogens with zero attached hydrogens (tertiary/aromatic N) is 1. The van der Waals surface area contributed by atoms with Crippen molar-refractivity contribution in [2.75, 3.05) is 40.4 Å². The van der Waals surface area contributed by atoms with Crippen molar-refractivity contribution in [1.29, 1.82) is 0 Å². The molecule has 2 heterocycles. The minimum Gasteiger partial charge on any atom is -0.481 e. The van der Waals surface area contributed by atoms with E-state index < -0.39 is 5.97 Å². The minimum atomic E-state index is -0.749. The molecule has 0 radical (unpaired) electrons. The number of ether oxygens (including phenoxy) is 2. The summed E-state index contributed by atoms with van der Waals surface area (Å²) in [5, 5.41) is 12.2. The van der Waals surface area contributed by atoms with Crippen LogP contribution in [-0.4, -0.2) is 74.1 Å². The molecule has 2 aliphatic rings. The molecule has 2 saturated heterocycles. The molecule has 2 N–H and O–H groups in total. The molecule has 2 fully saturated rings. The first-order chi connectivity index (χ1) is 8.11. The van der Waals surface area contributed by atoms with Gasteiger partial charge in [0.15, 0.2) is 0 Å². The predicted octanol–water partition coefficient (Wildman–Crippen LogP) is -0.851. The van der Waals surface area contributed by atoms with Gasteiger partial charge in [-0.15, -0.1) is 0 Å². The van der Waals surface area contributed by atoms with E-state index in [1.165, 1.54) is 0 Å². The summed E-state index contributed by atoms with van der Waals surface area (Å²) in [7, 11) is 3.34. The number of hydrogen-bond acceptors (Lipinski definition) is 5. The molecule has 2 atom stereocenters. The highest BCUT2D eigenvalue weighted by Crippen LogP contribution is 2.30. The molecule has 0 amide bonds. The quantitative estimate of drug-likeness (QED) is 0.656. The molecule has 2 rings (SSSR count). The summed E-state index contributed by atoms with van der Waals surface area (Å²) in [5.41, 5.74) is -0.254. The first-order valence-corrected chi connectivity index (χ1v) is 5.84. The van der Waals surface area contributed by atoms with E-state index in [2.05, 4.69) is 10.2 Å². The Labute approximate surface area is 101 Å². The Hall–Kier alpha value is -0.690. The Morgan fingerprint density at radius 2 is 1.88 bits per heavy atom. The van der Waals surface area contributed by atoms with Crippen LogP contribution in [0.25, 0.3) is 0 Å². The van der Waals surface area contributed by atoms with Crippen molar-refractivity contribution >= 4 is 5.97 Å². The maximum atomic E-state index is 10.9. The smallest absolute Gasteiger partial charge is 0.305 e. The van der Waals surface area contributed by atoms with Crippen LogP contribution in [0, 0.1) is 0 Å². The molecule has 0 bridgehead atoms. The fourth-order valence-corrected chi connectivity index (χ4v) is 2.74. The van der Waals surface area contributed by atoms with E-state index in [-0.39, 0.29) is 24.2 Å². The lowest BCUT2D eigenvalue weighted by Crippen LogP contribution is -2.69. The van der Waals surface area contributed by atoms with Crippen molar-refractivity contribution in [1.82, 2.24) is 10.2 Å². The highest BCUT2D eigenvalue weighted by molar-refractivity contribution is 5.69. The standard InChI is InChI=1S/C11H20N2O4/c1-16-8-4-13(5-9(8)17-2)11(3-10(14)15)6-12-7-11/h8-9,12H,3-7H2,1-2H3,(H,14,15). The van der Waals surface area contributed by atoms with Crippen LogP contribution in [0.15, 0.2) is 0 Å². The van der Waals surface area contributed by atoms with E-state index in [0.717, 1.165) is 26.2 Å². The van der Waals surface area contributed by atoms with Crippen molar-refractivity contribution < 1.29 is 19.4 Å². The lowest BCUT2D eigenvalue weighted by Gasteiger charge is -2.48. The van der Waals surface area contributed by atoms with Crippen LogP contribution in [0.3, 0.4) is 0 Å². The van der Waals surface area contributed by atoms with Gasteiger partial charge in [0, 0.05) is 40.4 Å². The number of carbonyl (C=O) groups is 1. The molecule has 0 aromatic heterocycles.